The molecular weight excluding hydrogens is 346 g/mol. The molecule has 0 spiro atoms. The highest BCUT2D eigenvalue weighted by atomic mass is 79.9. The largest absolute Gasteiger partial charge is 0.496 e. The van der Waals surface area contributed by atoms with Crippen molar-refractivity contribution in [2.45, 2.75) is 19.4 Å². The number of hydrogen-bond acceptors (Lipinski definition) is 3. The van der Waals surface area contributed by atoms with Crippen LogP contribution in [0.4, 0.5) is 0 Å². The van der Waals surface area contributed by atoms with Crippen molar-refractivity contribution in [1.82, 2.24) is 14.7 Å². The number of nitrogens with zero attached hydrogens (tertiary/aromatic N) is 3. The van der Waals surface area contributed by atoms with Crippen LogP contribution in [-0.4, -0.2) is 34.7 Å². The van der Waals surface area contributed by atoms with Gasteiger partial charge in [0.25, 0.3) is 0 Å². The molecule has 2 rings (SSSR count). The van der Waals surface area contributed by atoms with Crippen LogP contribution in [0.25, 0.3) is 0 Å². The highest BCUT2D eigenvalue weighted by Gasteiger charge is 2.11. The van der Waals surface area contributed by atoms with E-state index in [1.54, 1.807) is 22.9 Å². The van der Waals surface area contributed by atoms with Gasteiger partial charge < -0.3 is 9.64 Å². The Balaban J connectivity index is 1.87. The van der Waals surface area contributed by atoms with Gasteiger partial charge in [-0.15, -0.1) is 0 Å². The second-order valence-electron chi connectivity index (χ2n) is 5.24. The molecule has 1 amide bonds. The Morgan fingerprint density at radius 3 is 2.77 bits per heavy atom. The zero-order valence-corrected chi connectivity index (χ0v) is 14.6. The lowest BCUT2D eigenvalue weighted by molar-refractivity contribution is -0.130. The molecule has 1 aromatic heterocycles. The third-order valence-corrected chi connectivity index (χ3v) is 4.07. The van der Waals surface area contributed by atoms with Crippen molar-refractivity contribution >= 4 is 21.8 Å². The van der Waals surface area contributed by atoms with E-state index in [1.807, 2.05) is 38.5 Å². The third kappa shape index (κ3) is 4.34. The molecule has 0 saturated carbocycles. The molecule has 6 heteroatoms. The molecule has 0 saturated heterocycles. The smallest absolute Gasteiger partial charge is 0.222 e. The summed E-state index contributed by atoms with van der Waals surface area (Å²) in [5.41, 5.74) is 2.14. The molecule has 0 aliphatic heterocycles. The van der Waals surface area contributed by atoms with Gasteiger partial charge in [-0.1, -0.05) is 6.07 Å². The Hall–Kier alpha value is -1.82. The maximum Gasteiger partial charge on any atom is 0.222 e. The molecule has 0 radical (unpaired) electrons. The van der Waals surface area contributed by atoms with Gasteiger partial charge >= 0.3 is 0 Å². The van der Waals surface area contributed by atoms with E-state index in [1.165, 1.54) is 0 Å². The number of aromatic nitrogens is 2. The molecule has 2 aromatic rings. The maximum absolute atomic E-state index is 12.2. The number of methoxy groups -OCH3 is 1. The molecule has 1 heterocycles. The topological polar surface area (TPSA) is 47.4 Å². The normalized spacial score (nSPS) is 10.5. The Morgan fingerprint density at radius 1 is 1.41 bits per heavy atom. The van der Waals surface area contributed by atoms with Crippen molar-refractivity contribution in [1.29, 1.82) is 0 Å². The number of benzene rings is 1. The van der Waals surface area contributed by atoms with Gasteiger partial charge in [0.15, 0.2) is 0 Å². The number of hydrogen-bond donors (Lipinski definition) is 0. The number of rotatable bonds is 6. The van der Waals surface area contributed by atoms with Crippen molar-refractivity contribution in [2.75, 3.05) is 14.2 Å². The minimum absolute atomic E-state index is 0.121. The molecule has 22 heavy (non-hydrogen) atoms. The molecule has 5 nitrogen and oxygen atoms in total. The van der Waals surface area contributed by atoms with Gasteiger partial charge in [0.1, 0.15) is 5.75 Å². The number of aryl methyl sites for hydroxylation is 2. The number of halogens is 1. The summed E-state index contributed by atoms with van der Waals surface area (Å²) in [6, 6.07) is 5.88. The van der Waals surface area contributed by atoms with E-state index in [0.29, 0.717) is 19.4 Å². The van der Waals surface area contributed by atoms with Gasteiger partial charge in [-0.25, -0.2) is 0 Å². The van der Waals surface area contributed by atoms with E-state index >= 15 is 0 Å². The van der Waals surface area contributed by atoms with Gasteiger partial charge in [0.05, 0.1) is 17.8 Å². The van der Waals surface area contributed by atoms with Crippen LogP contribution in [0, 0.1) is 0 Å². The van der Waals surface area contributed by atoms with Crippen molar-refractivity contribution in [2.24, 2.45) is 7.05 Å². The zero-order valence-electron chi connectivity index (χ0n) is 13.0. The van der Waals surface area contributed by atoms with Crippen LogP contribution in [-0.2, 0) is 24.8 Å². The summed E-state index contributed by atoms with van der Waals surface area (Å²) in [6.07, 6.45) is 4.89. The first-order valence-electron chi connectivity index (χ1n) is 7.03. The average Bonchev–Trinajstić information content (AvgIpc) is 2.90. The van der Waals surface area contributed by atoms with Gasteiger partial charge in [-0.05, 0) is 40.0 Å². The monoisotopic (exact) mass is 365 g/mol. The Bertz CT molecular complexity index is 655. The summed E-state index contributed by atoms with van der Waals surface area (Å²) in [4.78, 5) is 13.9. The van der Waals surface area contributed by atoms with Gasteiger partial charge in [0, 0.05) is 38.8 Å². The van der Waals surface area contributed by atoms with Crippen LogP contribution in [0.1, 0.15) is 17.5 Å². The van der Waals surface area contributed by atoms with Crippen molar-refractivity contribution in [3.8, 4) is 5.75 Å². The molecule has 0 bridgehead atoms. The van der Waals surface area contributed by atoms with E-state index in [2.05, 4.69) is 21.0 Å². The minimum atomic E-state index is 0.121. The predicted octanol–water partition coefficient (Wildman–Crippen LogP) is 2.78. The highest BCUT2D eigenvalue weighted by Crippen LogP contribution is 2.26. The lowest BCUT2D eigenvalue weighted by Crippen LogP contribution is -2.26. The molecule has 118 valence electrons. The summed E-state index contributed by atoms with van der Waals surface area (Å²) in [5.74, 6) is 0.916. The number of ether oxygens (including phenoxy) is 1. The second-order valence-corrected chi connectivity index (χ2v) is 6.10. The summed E-state index contributed by atoms with van der Waals surface area (Å²) < 4.78 is 7.85. The number of amides is 1. The maximum atomic E-state index is 12.2. The van der Waals surface area contributed by atoms with Crippen molar-refractivity contribution in [3.63, 3.8) is 0 Å². The van der Waals surface area contributed by atoms with E-state index in [0.717, 1.165) is 21.3 Å². The van der Waals surface area contributed by atoms with Crippen LogP contribution < -0.4 is 4.74 Å². The Morgan fingerprint density at radius 2 is 2.18 bits per heavy atom. The van der Waals surface area contributed by atoms with Crippen LogP contribution in [0.3, 0.4) is 0 Å². The lowest BCUT2D eigenvalue weighted by Gasteiger charge is -2.16. The molecule has 0 unspecified atom stereocenters. The molecule has 0 aliphatic rings. The van der Waals surface area contributed by atoms with E-state index < -0.39 is 0 Å². The lowest BCUT2D eigenvalue weighted by atomic mass is 10.1. The Labute approximate surface area is 139 Å². The van der Waals surface area contributed by atoms with E-state index in [9.17, 15) is 4.79 Å². The van der Waals surface area contributed by atoms with Gasteiger partial charge in [0.2, 0.25) is 5.91 Å². The first kappa shape index (κ1) is 16.5. The first-order chi connectivity index (χ1) is 10.5. The van der Waals surface area contributed by atoms with E-state index in [-0.39, 0.29) is 5.91 Å². The van der Waals surface area contributed by atoms with E-state index in [4.69, 9.17) is 4.74 Å². The fourth-order valence-corrected chi connectivity index (χ4v) is 2.81. The molecular formula is C16H20BrN3O2. The van der Waals surface area contributed by atoms with Gasteiger partial charge in [-0.2, -0.15) is 5.10 Å². The third-order valence-electron chi connectivity index (χ3n) is 3.45. The minimum Gasteiger partial charge on any atom is -0.496 e. The van der Waals surface area contributed by atoms with Crippen LogP contribution in [0.15, 0.2) is 35.1 Å². The fourth-order valence-electron chi connectivity index (χ4n) is 2.22. The van der Waals surface area contributed by atoms with Crippen molar-refractivity contribution < 1.29 is 9.53 Å². The van der Waals surface area contributed by atoms with Crippen LogP contribution >= 0.6 is 15.9 Å². The molecule has 0 N–H and O–H groups in total. The summed E-state index contributed by atoms with van der Waals surface area (Å²) in [5, 5.41) is 4.11. The average molecular weight is 366 g/mol. The predicted molar refractivity (Wildman–Crippen MR) is 88.7 cm³/mol. The highest BCUT2D eigenvalue weighted by molar-refractivity contribution is 9.10. The van der Waals surface area contributed by atoms with Gasteiger partial charge in [-0.3, -0.25) is 9.48 Å². The van der Waals surface area contributed by atoms with Crippen LogP contribution in [0.2, 0.25) is 0 Å². The standard InChI is InChI=1S/C16H20BrN3O2/c1-19(10-13-9-18-20(2)11-13)16(21)7-5-12-4-6-15(22-3)14(17)8-12/h4,6,8-9,11H,5,7,10H2,1-3H3. The summed E-state index contributed by atoms with van der Waals surface area (Å²) in [7, 11) is 5.32. The first-order valence-corrected chi connectivity index (χ1v) is 7.83. The zero-order chi connectivity index (χ0) is 16.1. The molecule has 0 atom stereocenters. The molecule has 0 fully saturated rings. The number of carbonyl (C=O) groups excluding carboxylic acids is 1. The van der Waals surface area contributed by atoms with Crippen LogP contribution in [0.5, 0.6) is 5.75 Å². The molecule has 0 aliphatic carbocycles. The quantitative estimate of drug-likeness (QED) is 0.790. The second kappa shape index (κ2) is 7.45. The Kier molecular flexibility index (Phi) is 5.60. The molecule has 1 aromatic carbocycles. The summed E-state index contributed by atoms with van der Waals surface area (Å²) in [6.45, 7) is 0.582. The number of carbonyl (C=O) groups is 1. The van der Waals surface area contributed by atoms with Crippen molar-refractivity contribution in [3.05, 3.63) is 46.2 Å². The fraction of sp³-hybridized carbons (Fsp3) is 0.375. The summed E-state index contributed by atoms with van der Waals surface area (Å²) >= 11 is 3.46. The SMILES string of the molecule is COc1ccc(CCC(=O)N(C)Cc2cnn(C)c2)cc1Br.